The third-order valence-corrected chi connectivity index (χ3v) is 4.07. The fraction of sp³-hybridized carbons (Fsp3) is 0.286. The van der Waals surface area contributed by atoms with E-state index in [1.54, 1.807) is 12.1 Å². The van der Waals surface area contributed by atoms with Crippen LogP contribution < -0.4 is 0 Å². The van der Waals surface area contributed by atoms with Crippen molar-refractivity contribution in [3.05, 3.63) is 35.4 Å². The molecule has 8 heteroatoms. The van der Waals surface area contributed by atoms with Crippen LogP contribution in [0.1, 0.15) is 27.1 Å². The number of methoxy groups -OCH3 is 1. The summed E-state index contributed by atoms with van der Waals surface area (Å²) in [5.41, 5.74) is 0.366. The van der Waals surface area contributed by atoms with E-state index in [2.05, 4.69) is 20.7 Å². The van der Waals surface area contributed by atoms with Crippen LogP contribution in [0.25, 0.3) is 0 Å². The molecule has 0 spiro atoms. The number of esters is 1. The van der Waals surface area contributed by atoms with Gasteiger partial charge in [-0.25, -0.2) is 4.79 Å². The Hall–Kier alpha value is -2.22. The Morgan fingerprint density at radius 2 is 1.73 bits per heavy atom. The number of rotatable bonds is 5. The van der Waals surface area contributed by atoms with Gasteiger partial charge in [0.05, 0.1) is 18.2 Å². The minimum Gasteiger partial charge on any atom is -0.480 e. The molecule has 0 radical (unpaired) electrons. The number of carbonyl (C=O) groups is 4. The summed E-state index contributed by atoms with van der Waals surface area (Å²) in [6.07, 6.45) is -0.284. The van der Waals surface area contributed by atoms with Gasteiger partial charge >= 0.3 is 11.9 Å². The smallest absolute Gasteiger partial charge is 0.329 e. The molecule has 0 saturated heterocycles. The first-order valence-electron chi connectivity index (χ1n) is 6.30. The number of aliphatic carboxylic acids is 1. The Kier molecular flexibility index (Phi) is 4.60. The van der Waals surface area contributed by atoms with Gasteiger partial charge in [0.1, 0.15) is 10.9 Å². The molecule has 1 aromatic carbocycles. The maximum Gasteiger partial charge on any atom is 0.329 e. The Morgan fingerprint density at radius 1 is 1.23 bits per heavy atom. The van der Waals surface area contributed by atoms with E-state index in [0.717, 1.165) is 12.0 Å². The van der Waals surface area contributed by atoms with E-state index in [9.17, 15) is 19.2 Å². The van der Waals surface area contributed by atoms with Crippen LogP contribution in [-0.2, 0) is 14.3 Å². The highest BCUT2D eigenvalue weighted by Gasteiger charge is 2.44. The van der Waals surface area contributed by atoms with Crippen LogP contribution in [0.5, 0.6) is 0 Å². The molecular formula is C14H12BrNO6. The molecule has 1 aliphatic heterocycles. The second-order valence-corrected chi connectivity index (χ2v) is 5.71. The van der Waals surface area contributed by atoms with Gasteiger partial charge in [0.15, 0.2) is 0 Å². The van der Waals surface area contributed by atoms with Crippen molar-refractivity contribution in [1.82, 2.24) is 4.90 Å². The lowest BCUT2D eigenvalue weighted by Crippen LogP contribution is -2.47. The molecule has 2 rings (SSSR count). The molecule has 0 fully saturated rings. The molecule has 7 nitrogen and oxygen atoms in total. The molecule has 1 aliphatic rings. The number of benzene rings is 1. The molecule has 0 aromatic heterocycles. The van der Waals surface area contributed by atoms with Gasteiger partial charge < -0.3 is 9.84 Å². The third kappa shape index (κ3) is 2.74. The van der Waals surface area contributed by atoms with Crippen molar-refractivity contribution >= 4 is 39.7 Å². The highest BCUT2D eigenvalue weighted by Crippen LogP contribution is 2.27. The number of alkyl halides is 1. The first-order valence-corrected chi connectivity index (χ1v) is 7.21. The number of hydrogen-bond donors (Lipinski definition) is 1. The Bertz CT molecular complexity index is 623. The summed E-state index contributed by atoms with van der Waals surface area (Å²) in [6, 6.07) is 4.86. The first kappa shape index (κ1) is 16.2. The van der Waals surface area contributed by atoms with Crippen molar-refractivity contribution in [2.24, 2.45) is 0 Å². The summed E-state index contributed by atoms with van der Waals surface area (Å²) in [7, 11) is 1.11. The lowest BCUT2D eigenvalue weighted by Gasteiger charge is -2.24. The number of amides is 2. The average molecular weight is 370 g/mol. The van der Waals surface area contributed by atoms with Gasteiger partial charge in [-0.3, -0.25) is 19.3 Å². The second kappa shape index (κ2) is 6.27. The number of carboxylic acid groups (broad SMARTS) is 1. The summed E-state index contributed by atoms with van der Waals surface area (Å²) >= 11 is 2.91. The van der Waals surface area contributed by atoms with Crippen LogP contribution in [0.3, 0.4) is 0 Å². The summed E-state index contributed by atoms with van der Waals surface area (Å²) in [6.45, 7) is 0. The Labute approximate surface area is 134 Å². The maximum atomic E-state index is 12.4. The van der Waals surface area contributed by atoms with Crippen LogP contribution in [-0.4, -0.2) is 51.7 Å². The molecule has 2 atom stereocenters. The highest BCUT2D eigenvalue weighted by atomic mass is 79.9. The third-order valence-electron chi connectivity index (χ3n) is 3.31. The lowest BCUT2D eigenvalue weighted by atomic mass is 10.1. The van der Waals surface area contributed by atoms with Gasteiger partial charge in [-0.2, -0.15) is 0 Å². The number of nitrogens with zero attached hydrogens (tertiary/aromatic N) is 1. The normalized spacial score (nSPS) is 16.2. The minimum atomic E-state index is -1.31. The van der Waals surface area contributed by atoms with Gasteiger partial charge in [-0.15, -0.1) is 0 Å². The molecule has 0 aliphatic carbocycles. The first-order chi connectivity index (χ1) is 10.4. The van der Waals surface area contributed by atoms with Crippen molar-refractivity contribution < 1.29 is 29.0 Å². The van der Waals surface area contributed by atoms with E-state index >= 15 is 0 Å². The molecule has 22 heavy (non-hydrogen) atoms. The minimum absolute atomic E-state index is 0.183. The van der Waals surface area contributed by atoms with E-state index < -0.39 is 34.6 Å². The van der Waals surface area contributed by atoms with E-state index in [-0.39, 0.29) is 17.5 Å². The number of imide groups is 1. The van der Waals surface area contributed by atoms with Crippen molar-refractivity contribution in [1.29, 1.82) is 0 Å². The fourth-order valence-corrected chi connectivity index (χ4v) is 2.58. The van der Waals surface area contributed by atoms with Gasteiger partial charge in [-0.05, 0) is 12.1 Å². The number of ether oxygens (including phenoxy) is 1. The molecule has 1 aromatic rings. The summed E-state index contributed by atoms with van der Waals surface area (Å²) in [5.74, 6) is -3.33. The van der Waals surface area contributed by atoms with Gasteiger partial charge in [0.2, 0.25) is 0 Å². The maximum absolute atomic E-state index is 12.4. The van der Waals surface area contributed by atoms with Crippen molar-refractivity contribution in [3.63, 3.8) is 0 Å². The highest BCUT2D eigenvalue weighted by molar-refractivity contribution is 9.10. The average Bonchev–Trinajstić information content (AvgIpc) is 2.76. The van der Waals surface area contributed by atoms with Gasteiger partial charge in [0, 0.05) is 6.42 Å². The molecule has 2 amide bonds. The molecule has 1 heterocycles. The zero-order valence-corrected chi connectivity index (χ0v) is 13.1. The number of carboxylic acids is 1. The van der Waals surface area contributed by atoms with E-state index in [1.807, 2.05) is 0 Å². The van der Waals surface area contributed by atoms with Crippen molar-refractivity contribution in [2.45, 2.75) is 17.3 Å². The topological polar surface area (TPSA) is 101 Å². The summed E-state index contributed by atoms with van der Waals surface area (Å²) < 4.78 is 4.60. The Morgan fingerprint density at radius 3 is 2.14 bits per heavy atom. The zero-order chi connectivity index (χ0) is 16.4. The quantitative estimate of drug-likeness (QED) is 0.473. The van der Waals surface area contributed by atoms with Crippen molar-refractivity contribution in [2.75, 3.05) is 7.11 Å². The van der Waals surface area contributed by atoms with Crippen LogP contribution in [0.2, 0.25) is 0 Å². The van der Waals surface area contributed by atoms with Crippen molar-refractivity contribution in [3.8, 4) is 0 Å². The number of fused-ring (bicyclic) bond motifs is 1. The van der Waals surface area contributed by atoms with Crippen LogP contribution >= 0.6 is 15.9 Å². The molecular weight excluding hydrogens is 358 g/mol. The summed E-state index contributed by atoms with van der Waals surface area (Å²) in [4.78, 5) is 47.2. The summed E-state index contributed by atoms with van der Waals surface area (Å²) in [5, 5.41) is 8.95. The van der Waals surface area contributed by atoms with Crippen LogP contribution in [0, 0.1) is 0 Å². The number of hydrogen-bond acceptors (Lipinski definition) is 5. The van der Waals surface area contributed by atoms with Crippen LogP contribution in [0.15, 0.2) is 24.3 Å². The van der Waals surface area contributed by atoms with E-state index in [1.165, 1.54) is 12.1 Å². The van der Waals surface area contributed by atoms with E-state index in [4.69, 9.17) is 5.11 Å². The largest absolute Gasteiger partial charge is 0.480 e. The second-order valence-electron chi connectivity index (χ2n) is 4.61. The molecule has 116 valence electrons. The molecule has 1 N–H and O–H groups in total. The van der Waals surface area contributed by atoms with E-state index in [0.29, 0.717) is 0 Å². The van der Waals surface area contributed by atoms with Gasteiger partial charge in [-0.1, -0.05) is 28.1 Å². The molecule has 1 unspecified atom stereocenters. The Balaban J connectivity index is 2.37. The number of carbonyl (C=O) groups excluding carboxylic acids is 3. The fourth-order valence-electron chi connectivity index (χ4n) is 2.23. The van der Waals surface area contributed by atoms with Gasteiger partial charge in [0.25, 0.3) is 11.8 Å². The lowest BCUT2D eigenvalue weighted by molar-refractivity contribution is -0.146. The SMILES string of the molecule is COC(=O)[C@@H](CC(Br)C(=O)O)N1C(=O)c2ccccc2C1=O. The predicted molar refractivity (Wildman–Crippen MR) is 77.7 cm³/mol. The molecule has 0 saturated carbocycles. The monoisotopic (exact) mass is 369 g/mol. The van der Waals surface area contributed by atoms with Crippen LogP contribution in [0.4, 0.5) is 0 Å². The standard InChI is InChI=1S/C14H12BrNO6/c1-22-14(21)10(6-9(15)13(19)20)16-11(17)7-4-2-3-5-8(7)12(16)18/h2-5,9-10H,6H2,1H3,(H,19,20)/t9?,10-/m1/s1. The number of halogens is 1. The molecule has 0 bridgehead atoms. The zero-order valence-electron chi connectivity index (χ0n) is 11.5. The predicted octanol–water partition coefficient (Wildman–Crippen LogP) is 1.06.